The number of anilines is 1. The molecule has 0 aromatic heterocycles. The van der Waals surface area contributed by atoms with E-state index in [9.17, 15) is 9.90 Å². The van der Waals surface area contributed by atoms with Gasteiger partial charge in [0.2, 0.25) is 5.91 Å². The molecular formula is C17H18BrNO2. The van der Waals surface area contributed by atoms with Gasteiger partial charge in [-0.3, -0.25) is 4.79 Å². The van der Waals surface area contributed by atoms with Crippen LogP contribution >= 0.6 is 15.9 Å². The van der Waals surface area contributed by atoms with Gasteiger partial charge >= 0.3 is 0 Å². The SMILES string of the molecule is CCc1ccc(Cc2cc(Br)c(O)cc2NC(C)=O)cc1. The number of nitrogens with one attached hydrogen (secondary N) is 1. The van der Waals surface area contributed by atoms with Crippen LogP contribution in [0.2, 0.25) is 0 Å². The molecule has 21 heavy (non-hydrogen) atoms. The fourth-order valence-corrected chi connectivity index (χ4v) is 2.56. The number of hydrogen-bond acceptors (Lipinski definition) is 2. The van der Waals surface area contributed by atoms with Crippen LogP contribution in [0, 0.1) is 0 Å². The molecule has 0 aliphatic rings. The minimum absolute atomic E-state index is 0.115. The minimum atomic E-state index is -0.153. The predicted molar refractivity (Wildman–Crippen MR) is 88.7 cm³/mol. The summed E-state index contributed by atoms with van der Waals surface area (Å²) in [5.41, 5.74) is 4.06. The Kier molecular flexibility index (Phi) is 5.02. The van der Waals surface area contributed by atoms with Crippen LogP contribution in [-0.4, -0.2) is 11.0 Å². The Morgan fingerprint density at radius 1 is 1.19 bits per heavy atom. The first-order valence-corrected chi connectivity index (χ1v) is 7.65. The van der Waals surface area contributed by atoms with E-state index in [0.29, 0.717) is 16.6 Å². The molecule has 0 radical (unpaired) electrons. The van der Waals surface area contributed by atoms with Gasteiger partial charge < -0.3 is 10.4 Å². The molecule has 2 aromatic carbocycles. The molecule has 0 bridgehead atoms. The van der Waals surface area contributed by atoms with Gasteiger partial charge in [-0.1, -0.05) is 31.2 Å². The fourth-order valence-electron chi connectivity index (χ4n) is 2.17. The number of aryl methyl sites for hydroxylation is 1. The van der Waals surface area contributed by atoms with Crippen molar-refractivity contribution in [1.82, 2.24) is 0 Å². The lowest BCUT2D eigenvalue weighted by Crippen LogP contribution is -2.08. The summed E-state index contributed by atoms with van der Waals surface area (Å²) in [6.07, 6.45) is 1.71. The van der Waals surface area contributed by atoms with E-state index >= 15 is 0 Å². The predicted octanol–water partition coefficient (Wildman–Crippen LogP) is 4.27. The van der Waals surface area contributed by atoms with Crippen LogP contribution in [0.4, 0.5) is 5.69 Å². The summed E-state index contributed by atoms with van der Waals surface area (Å²) >= 11 is 3.32. The Morgan fingerprint density at radius 2 is 1.81 bits per heavy atom. The maximum Gasteiger partial charge on any atom is 0.221 e. The number of carbonyl (C=O) groups is 1. The summed E-state index contributed by atoms with van der Waals surface area (Å²) in [5.74, 6) is -0.0388. The smallest absolute Gasteiger partial charge is 0.221 e. The Morgan fingerprint density at radius 3 is 2.38 bits per heavy atom. The number of halogens is 1. The molecule has 0 atom stereocenters. The maximum atomic E-state index is 11.3. The summed E-state index contributed by atoms with van der Waals surface area (Å²) in [7, 11) is 0. The van der Waals surface area contributed by atoms with E-state index in [-0.39, 0.29) is 11.7 Å². The van der Waals surface area contributed by atoms with E-state index in [1.54, 1.807) is 6.07 Å². The van der Waals surface area contributed by atoms with E-state index < -0.39 is 0 Å². The topological polar surface area (TPSA) is 49.3 Å². The molecule has 2 N–H and O–H groups in total. The zero-order valence-electron chi connectivity index (χ0n) is 12.1. The van der Waals surface area contributed by atoms with Gasteiger partial charge in [-0.25, -0.2) is 0 Å². The minimum Gasteiger partial charge on any atom is -0.507 e. The Balaban J connectivity index is 2.32. The summed E-state index contributed by atoms with van der Waals surface area (Å²) in [4.78, 5) is 11.3. The molecule has 0 fully saturated rings. The van der Waals surface area contributed by atoms with Gasteiger partial charge in [0.1, 0.15) is 5.75 Å². The molecule has 3 nitrogen and oxygen atoms in total. The second kappa shape index (κ2) is 6.76. The monoisotopic (exact) mass is 347 g/mol. The molecule has 0 spiro atoms. The van der Waals surface area contributed by atoms with Gasteiger partial charge in [0.15, 0.2) is 0 Å². The highest BCUT2D eigenvalue weighted by Crippen LogP contribution is 2.32. The number of phenolic OH excluding ortho intramolecular Hbond substituents is 1. The molecule has 0 heterocycles. The van der Waals surface area contributed by atoms with E-state index in [4.69, 9.17) is 0 Å². The van der Waals surface area contributed by atoms with Crippen LogP contribution in [0.1, 0.15) is 30.5 Å². The fraction of sp³-hybridized carbons (Fsp3) is 0.235. The van der Waals surface area contributed by atoms with Crippen LogP contribution in [0.25, 0.3) is 0 Å². The van der Waals surface area contributed by atoms with Gasteiger partial charge in [0.05, 0.1) is 4.47 Å². The van der Waals surface area contributed by atoms with Crippen LogP contribution in [0.5, 0.6) is 5.75 Å². The normalized spacial score (nSPS) is 10.4. The lowest BCUT2D eigenvalue weighted by Gasteiger charge is -2.12. The summed E-state index contributed by atoms with van der Waals surface area (Å²) in [5, 5.41) is 12.5. The van der Waals surface area contributed by atoms with Crippen molar-refractivity contribution in [2.24, 2.45) is 0 Å². The van der Waals surface area contributed by atoms with E-state index in [1.807, 2.05) is 6.07 Å². The zero-order chi connectivity index (χ0) is 15.4. The molecule has 2 aromatic rings. The third kappa shape index (κ3) is 4.08. The first kappa shape index (κ1) is 15.6. The van der Waals surface area contributed by atoms with E-state index in [1.165, 1.54) is 12.5 Å². The highest BCUT2D eigenvalue weighted by atomic mass is 79.9. The molecule has 0 saturated carbocycles. The van der Waals surface area contributed by atoms with Gasteiger partial charge in [-0.15, -0.1) is 0 Å². The summed E-state index contributed by atoms with van der Waals surface area (Å²) in [6, 6.07) is 11.8. The number of rotatable bonds is 4. The van der Waals surface area contributed by atoms with Crippen molar-refractivity contribution in [3.8, 4) is 5.75 Å². The average molecular weight is 348 g/mol. The Bertz CT molecular complexity index is 651. The van der Waals surface area contributed by atoms with Crippen molar-refractivity contribution in [3.05, 3.63) is 57.6 Å². The Labute approximate surface area is 133 Å². The van der Waals surface area contributed by atoms with Gasteiger partial charge in [0.25, 0.3) is 0 Å². The Hall–Kier alpha value is -1.81. The molecule has 4 heteroatoms. The van der Waals surface area contributed by atoms with Gasteiger partial charge in [-0.2, -0.15) is 0 Å². The number of hydrogen-bond donors (Lipinski definition) is 2. The van der Waals surface area contributed by atoms with Crippen molar-refractivity contribution in [2.45, 2.75) is 26.7 Å². The molecule has 1 amide bonds. The van der Waals surface area contributed by atoms with Crippen molar-refractivity contribution in [3.63, 3.8) is 0 Å². The molecular weight excluding hydrogens is 330 g/mol. The van der Waals surface area contributed by atoms with Crippen LogP contribution in [0.15, 0.2) is 40.9 Å². The standard InChI is InChI=1S/C17H18BrNO2/c1-3-12-4-6-13(7-5-12)8-14-9-15(18)17(21)10-16(14)19-11(2)20/h4-7,9-10,21H,3,8H2,1-2H3,(H,19,20). The first-order chi connectivity index (χ1) is 9.99. The van der Waals surface area contributed by atoms with Crippen LogP contribution < -0.4 is 5.32 Å². The second-order valence-electron chi connectivity index (χ2n) is 4.99. The maximum absolute atomic E-state index is 11.3. The average Bonchev–Trinajstić information content (AvgIpc) is 2.44. The lowest BCUT2D eigenvalue weighted by atomic mass is 10.0. The third-order valence-corrected chi connectivity index (χ3v) is 3.94. The number of benzene rings is 2. The van der Waals surface area contributed by atoms with E-state index in [2.05, 4.69) is 52.4 Å². The van der Waals surface area contributed by atoms with E-state index in [0.717, 1.165) is 17.5 Å². The van der Waals surface area contributed by atoms with Gasteiger partial charge in [0, 0.05) is 18.7 Å². The lowest BCUT2D eigenvalue weighted by molar-refractivity contribution is -0.114. The van der Waals surface area contributed by atoms with Crippen LogP contribution in [0.3, 0.4) is 0 Å². The van der Waals surface area contributed by atoms with Crippen molar-refractivity contribution < 1.29 is 9.90 Å². The first-order valence-electron chi connectivity index (χ1n) is 6.86. The number of amides is 1. The zero-order valence-corrected chi connectivity index (χ0v) is 13.7. The molecule has 110 valence electrons. The molecule has 2 rings (SSSR count). The second-order valence-corrected chi connectivity index (χ2v) is 5.84. The quantitative estimate of drug-likeness (QED) is 0.867. The highest BCUT2D eigenvalue weighted by molar-refractivity contribution is 9.10. The van der Waals surface area contributed by atoms with Crippen LogP contribution in [-0.2, 0) is 17.6 Å². The van der Waals surface area contributed by atoms with Gasteiger partial charge in [-0.05, 0) is 51.5 Å². The summed E-state index contributed by atoms with van der Waals surface area (Å²) in [6.45, 7) is 3.58. The molecule has 0 saturated heterocycles. The largest absolute Gasteiger partial charge is 0.507 e. The number of aromatic hydroxyl groups is 1. The van der Waals surface area contributed by atoms with Crippen molar-refractivity contribution >= 4 is 27.5 Å². The highest BCUT2D eigenvalue weighted by Gasteiger charge is 2.10. The third-order valence-electron chi connectivity index (χ3n) is 3.31. The van der Waals surface area contributed by atoms with Crippen molar-refractivity contribution in [1.29, 1.82) is 0 Å². The number of carbonyl (C=O) groups excluding carboxylic acids is 1. The molecule has 0 aliphatic heterocycles. The molecule has 0 aliphatic carbocycles. The van der Waals surface area contributed by atoms with Crippen molar-refractivity contribution in [2.75, 3.05) is 5.32 Å². The summed E-state index contributed by atoms with van der Waals surface area (Å²) < 4.78 is 0.622. The number of phenols is 1. The molecule has 0 unspecified atom stereocenters.